The highest BCUT2D eigenvalue weighted by Crippen LogP contribution is 2.23. The predicted octanol–water partition coefficient (Wildman–Crippen LogP) is 2.91. The molecule has 0 spiro atoms. The van der Waals surface area contributed by atoms with Crippen molar-refractivity contribution in [3.8, 4) is 0 Å². The zero-order valence-corrected chi connectivity index (χ0v) is 11.0. The van der Waals surface area contributed by atoms with Gasteiger partial charge in [-0.25, -0.2) is 0 Å². The molecule has 0 saturated carbocycles. The van der Waals surface area contributed by atoms with Crippen molar-refractivity contribution >= 4 is 39.5 Å². The van der Waals surface area contributed by atoms with Crippen LogP contribution in [0.25, 0.3) is 0 Å². The molecule has 0 saturated heterocycles. The molecular weight excluding hydrogens is 296 g/mol. The van der Waals surface area contributed by atoms with Gasteiger partial charge in [-0.2, -0.15) is 0 Å². The number of rotatable bonds is 3. The highest BCUT2D eigenvalue weighted by atomic mass is 79.9. The Morgan fingerprint density at radius 3 is 2.93 bits per heavy atom. The van der Waals surface area contributed by atoms with E-state index in [-0.39, 0.29) is 6.61 Å². The van der Waals surface area contributed by atoms with E-state index in [1.165, 1.54) is 4.88 Å². The fourth-order valence-electron chi connectivity index (χ4n) is 1.33. The first kappa shape index (κ1) is 11.1. The van der Waals surface area contributed by atoms with Crippen LogP contribution in [-0.4, -0.2) is 14.7 Å². The minimum absolute atomic E-state index is 0.000313. The highest BCUT2D eigenvalue weighted by molar-refractivity contribution is 9.11. The molecule has 15 heavy (non-hydrogen) atoms. The number of nitrogens with one attached hydrogen (secondary N) is 1. The molecule has 80 valence electrons. The number of halogens is 1. The second kappa shape index (κ2) is 4.61. The number of nitrogens with zero attached hydrogens (tertiary/aromatic N) is 1. The first-order valence-corrected chi connectivity index (χ1v) is 6.34. The van der Waals surface area contributed by atoms with Crippen LogP contribution in [0.2, 0.25) is 0 Å². The molecule has 0 unspecified atom stereocenters. The van der Waals surface area contributed by atoms with Crippen molar-refractivity contribution in [1.29, 1.82) is 0 Å². The average Bonchev–Trinajstić information content (AvgIpc) is 2.76. The maximum Gasteiger partial charge on any atom is 0.177 e. The van der Waals surface area contributed by atoms with Crippen molar-refractivity contribution < 1.29 is 5.11 Å². The van der Waals surface area contributed by atoms with E-state index in [2.05, 4.69) is 20.9 Å². The Bertz CT molecular complexity index is 514. The van der Waals surface area contributed by atoms with Gasteiger partial charge in [0.1, 0.15) is 0 Å². The van der Waals surface area contributed by atoms with E-state index in [0.717, 1.165) is 9.48 Å². The molecule has 0 aliphatic carbocycles. The normalized spacial score (nSPS) is 10.8. The Kier molecular flexibility index (Phi) is 3.40. The van der Waals surface area contributed by atoms with E-state index in [9.17, 15) is 0 Å². The number of aromatic nitrogens is 2. The largest absolute Gasteiger partial charge is 0.390 e. The SMILES string of the molecule is OCc1c[nH]c(=S)n1Cc1ccc(Br)s1. The van der Waals surface area contributed by atoms with Gasteiger partial charge in [0.2, 0.25) is 0 Å². The first-order valence-electron chi connectivity index (χ1n) is 4.33. The quantitative estimate of drug-likeness (QED) is 0.856. The van der Waals surface area contributed by atoms with E-state index < -0.39 is 0 Å². The van der Waals surface area contributed by atoms with E-state index >= 15 is 0 Å². The van der Waals surface area contributed by atoms with Crippen LogP contribution in [0.1, 0.15) is 10.6 Å². The third kappa shape index (κ3) is 2.39. The number of imidazole rings is 1. The number of thiophene rings is 1. The lowest BCUT2D eigenvalue weighted by molar-refractivity contribution is 0.271. The predicted molar refractivity (Wildman–Crippen MR) is 66.7 cm³/mol. The Labute approximate surface area is 105 Å². The minimum atomic E-state index is -0.000313. The highest BCUT2D eigenvalue weighted by Gasteiger charge is 2.05. The smallest absolute Gasteiger partial charge is 0.177 e. The van der Waals surface area contributed by atoms with Gasteiger partial charge in [-0.15, -0.1) is 11.3 Å². The van der Waals surface area contributed by atoms with Crippen molar-refractivity contribution in [1.82, 2.24) is 9.55 Å². The fraction of sp³-hybridized carbons (Fsp3) is 0.222. The van der Waals surface area contributed by atoms with Gasteiger partial charge in [0.25, 0.3) is 0 Å². The molecule has 2 heterocycles. The molecule has 6 heteroatoms. The minimum Gasteiger partial charge on any atom is -0.390 e. The molecule has 3 nitrogen and oxygen atoms in total. The monoisotopic (exact) mass is 304 g/mol. The second-order valence-electron chi connectivity index (χ2n) is 3.04. The fourth-order valence-corrected chi connectivity index (χ4v) is 3.04. The molecule has 0 aliphatic heterocycles. The zero-order chi connectivity index (χ0) is 10.8. The van der Waals surface area contributed by atoms with Gasteiger partial charge >= 0.3 is 0 Å². The van der Waals surface area contributed by atoms with Gasteiger partial charge in [0, 0.05) is 11.1 Å². The van der Waals surface area contributed by atoms with Crippen LogP contribution in [0.5, 0.6) is 0 Å². The molecule has 2 aromatic rings. The summed E-state index contributed by atoms with van der Waals surface area (Å²) in [6, 6.07) is 4.06. The molecule has 0 fully saturated rings. The van der Waals surface area contributed by atoms with E-state index in [1.54, 1.807) is 17.5 Å². The first-order chi connectivity index (χ1) is 7.20. The maximum absolute atomic E-state index is 9.12. The summed E-state index contributed by atoms with van der Waals surface area (Å²) in [6.07, 6.45) is 1.74. The molecule has 0 aromatic carbocycles. The molecule has 0 amide bonds. The van der Waals surface area contributed by atoms with Gasteiger partial charge in [0.05, 0.1) is 22.6 Å². The van der Waals surface area contributed by atoms with Crippen LogP contribution in [0, 0.1) is 4.77 Å². The lowest BCUT2D eigenvalue weighted by Gasteiger charge is -2.03. The van der Waals surface area contributed by atoms with Crippen LogP contribution in [0.15, 0.2) is 22.1 Å². The topological polar surface area (TPSA) is 40.9 Å². The average molecular weight is 305 g/mol. The van der Waals surface area contributed by atoms with E-state index in [0.29, 0.717) is 11.3 Å². The van der Waals surface area contributed by atoms with Gasteiger partial charge < -0.3 is 14.7 Å². The summed E-state index contributed by atoms with van der Waals surface area (Å²) < 4.78 is 3.64. The number of hydrogen-bond acceptors (Lipinski definition) is 3. The molecule has 2 N–H and O–H groups in total. The van der Waals surface area contributed by atoms with Crippen molar-refractivity contribution in [3.05, 3.63) is 37.5 Å². The number of H-pyrrole nitrogens is 1. The molecule has 0 atom stereocenters. The summed E-state index contributed by atoms with van der Waals surface area (Å²) in [5.41, 5.74) is 0.810. The molecule has 2 aromatic heterocycles. The lowest BCUT2D eigenvalue weighted by Crippen LogP contribution is -2.02. The molecule has 0 aliphatic rings. The van der Waals surface area contributed by atoms with Crippen LogP contribution in [0.4, 0.5) is 0 Å². The van der Waals surface area contributed by atoms with E-state index in [1.807, 2.05) is 16.7 Å². The Morgan fingerprint density at radius 1 is 1.53 bits per heavy atom. The van der Waals surface area contributed by atoms with Crippen LogP contribution < -0.4 is 0 Å². The number of aliphatic hydroxyl groups is 1. The summed E-state index contributed by atoms with van der Waals surface area (Å²) in [6.45, 7) is 0.703. The van der Waals surface area contributed by atoms with Crippen LogP contribution in [-0.2, 0) is 13.2 Å². The van der Waals surface area contributed by atoms with Gasteiger partial charge in [-0.1, -0.05) is 0 Å². The van der Waals surface area contributed by atoms with E-state index in [4.69, 9.17) is 17.3 Å². The Balaban J connectivity index is 2.31. The third-order valence-corrected chi connectivity index (χ3v) is 4.01. The molecule has 0 radical (unpaired) electrons. The lowest BCUT2D eigenvalue weighted by atomic mass is 10.4. The standard InChI is InChI=1S/C9H9BrN2OS2/c10-8-2-1-7(15-8)4-12-6(5-13)3-11-9(12)14/h1-3,13H,4-5H2,(H,11,14). The van der Waals surface area contributed by atoms with Crippen LogP contribution in [0.3, 0.4) is 0 Å². The van der Waals surface area contributed by atoms with Crippen molar-refractivity contribution in [2.24, 2.45) is 0 Å². The number of aliphatic hydroxyl groups excluding tert-OH is 1. The number of hydrogen-bond donors (Lipinski definition) is 2. The summed E-state index contributed by atoms with van der Waals surface area (Å²) in [5, 5.41) is 9.12. The molecular formula is C9H9BrN2OS2. The van der Waals surface area contributed by atoms with Gasteiger partial charge in [0.15, 0.2) is 4.77 Å². The van der Waals surface area contributed by atoms with Crippen molar-refractivity contribution in [2.45, 2.75) is 13.2 Å². The summed E-state index contributed by atoms with van der Waals surface area (Å²) in [7, 11) is 0. The summed E-state index contributed by atoms with van der Waals surface area (Å²) in [5.74, 6) is 0. The Hall–Kier alpha value is -0.430. The second-order valence-corrected chi connectivity index (χ2v) is 5.97. The molecule has 2 rings (SSSR count). The van der Waals surface area contributed by atoms with Gasteiger partial charge in [-0.05, 0) is 40.3 Å². The van der Waals surface area contributed by atoms with Crippen LogP contribution >= 0.6 is 39.5 Å². The third-order valence-electron chi connectivity index (χ3n) is 2.06. The van der Waals surface area contributed by atoms with Crippen molar-refractivity contribution in [3.63, 3.8) is 0 Å². The Morgan fingerprint density at radius 2 is 2.33 bits per heavy atom. The summed E-state index contributed by atoms with van der Waals surface area (Å²) >= 11 is 10.2. The summed E-state index contributed by atoms with van der Waals surface area (Å²) in [4.78, 5) is 4.13. The van der Waals surface area contributed by atoms with Crippen molar-refractivity contribution in [2.75, 3.05) is 0 Å². The zero-order valence-electron chi connectivity index (χ0n) is 7.74. The number of aromatic amines is 1. The molecule has 0 bridgehead atoms. The maximum atomic E-state index is 9.12. The van der Waals surface area contributed by atoms with Gasteiger partial charge in [-0.3, -0.25) is 0 Å².